The largest absolute Gasteiger partial charge is 0.377 e. The van der Waals surface area contributed by atoms with Gasteiger partial charge in [-0.25, -0.2) is 4.21 Å². The molecule has 0 fully saturated rings. The fraction of sp³-hybridized carbons (Fsp3) is 0.632. The second kappa shape index (κ2) is 11.5. The molecule has 1 aromatic carbocycles. The summed E-state index contributed by atoms with van der Waals surface area (Å²) in [5.41, 5.74) is 1.24. The van der Waals surface area contributed by atoms with Crippen molar-refractivity contribution in [1.29, 1.82) is 0 Å². The van der Waals surface area contributed by atoms with Gasteiger partial charge < -0.3 is 4.74 Å². The van der Waals surface area contributed by atoms with Crippen LogP contribution in [0.25, 0.3) is 0 Å². The van der Waals surface area contributed by atoms with E-state index in [9.17, 15) is 4.21 Å². The van der Waals surface area contributed by atoms with Gasteiger partial charge in [0.15, 0.2) is 0 Å². The molecule has 0 amide bonds. The molecule has 0 aliphatic carbocycles. The Morgan fingerprint density at radius 2 is 1.70 bits per heavy atom. The van der Waals surface area contributed by atoms with Gasteiger partial charge in [-0.1, -0.05) is 49.6 Å². The van der Waals surface area contributed by atoms with E-state index in [0.717, 1.165) is 25.9 Å². The van der Waals surface area contributed by atoms with Crippen molar-refractivity contribution in [2.45, 2.75) is 70.7 Å². The number of hydrogen-bond donors (Lipinski definition) is 0. The van der Waals surface area contributed by atoms with Gasteiger partial charge in [0.05, 0.1) is 11.4 Å². The summed E-state index contributed by atoms with van der Waals surface area (Å²) in [6.07, 6.45) is 8.62. The highest BCUT2D eigenvalue weighted by Gasteiger charge is 2.17. The van der Waals surface area contributed by atoms with Crippen molar-refractivity contribution in [2.24, 2.45) is 4.40 Å². The number of ether oxygens (including phenoxy) is 1. The summed E-state index contributed by atoms with van der Waals surface area (Å²) in [6.45, 7) is 7.38. The molecule has 0 aliphatic rings. The Hall–Kier alpha value is -1.00. The first-order valence-electron chi connectivity index (χ1n) is 8.56. The van der Waals surface area contributed by atoms with Crippen molar-refractivity contribution in [2.75, 3.05) is 6.61 Å². The van der Waals surface area contributed by atoms with Crippen molar-refractivity contribution in [3.05, 3.63) is 35.9 Å². The lowest BCUT2D eigenvalue weighted by molar-refractivity contribution is 0.116. The van der Waals surface area contributed by atoms with Gasteiger partial charge in [-0.15, -0.1) is 0 Å². The van der Waals surface area contributed by atoms with E-state index >= 15 is 0 Å². The molecule has 0 radical (unpaired) electrons. The maximum Gasteiger partial charge on any atom is 0.144 e. The van der Waals surface area contributed by atoms with Crippen LogP contribution >= 0.6 is 0 Å². The van der Waals surface area contributed by atoms with Crippen LogP contribution in [0, 0.1) is 0 Å². The molecule has 1 rings (SSSR count). The van der Waals surface area contributed by atoms with Crippen LogP contribution in [0.2, 0.25) is 0 Å². The molecule has 0 spiro atoms. The number of benzene rings is 1. The van der Waals surface area contributed by atoms with E-state index in [-0.39, 0.29) is 4.75 Å². The van der Waals surface area contributed by atoms with E-state index in [2.05, 4.69) is 16.5 Å². The summed E-state index contributed by atoms with van der Waals surface area (Å²) >= 11 is 0. The van der Waals surface area contributed by atoms with Crippen LogP contribution in [-0.4, -0.2) is 21.8 Å². The molecule has 1 aromatic rings. The van der Waals surface area contributed by atoms with Gasteiger partial charge >= 0.3 is 0 Å². The molecule has 0 aliphatic heterocycles. The summed E-state index contributed by atoms with van der Waals surface area (Å²) in [7, 11) is -1.11. The van der Waals surface area contributed by atoms with E-state index < -0.39 is 11.0 Å². The minimum absolute atomic E-state index is 0.254. The fourth-order valence-corrected chi connectivity index (χ4v) is 2.57. The molecule has 0 heterocycles. The highest BCUT2D eigenvalue weighted by atomic mass is 32.2. The molecule has 3 nitrogen and oxygen atoms in total. The Bertz CT molecular complexity index is 466. The first-order chi connectivity index (χ1) is 11.0. The molecule has 0 saturated heterocycles. The van der Waals surface area contributed by atoms with E-state index in [1.807, 2.05) is 45.2 Å². The van der Waals surface area contributed by atoms with E-state index in [1.54, 1.807) is 0 Å². The van der Waals surface area contributed by atoms with Crippen LogP contribution in [-0.2, 0) is 22.3 Å². The molecular weight excluding hydrogens is 306 g/mol. The summed E-state index contributed by atoms with van der Waals surface area (Å²) in [4.78, 5) is 0. The van der Waals surface area contributed by atoms with Gasteiger partial charge in [0.25, 0.3) is 0 Å². The molecule has 0 N–H and O–H groups in total. The molecule has 0 unspecified atom stereocenters. The molecule has 130 valence electrons. The third-order valence-corrected chi connectivity index (χ3v) is 4.82. The zero-order valence-corrected chi connectivity index (χ0v) is 15.6. The topological polar surface area (TPSA) is 38.7 Å². The first-order valence-corrected chi connectivity index (χ1v) is 9.67. The lowest BCUT2D eigenvalue weighted by atomic mass is 10.1. The SMILES string of the molecule is CC(C)(C)[S@@](=O)/N=C/CCCCCCCOCc1ccccc1. The molecule has 0 aromatic heterocycles. The zero-order chi connectivity index (χ0) is 17.0. The Morgan fingerprint density at radius 3 is 2.39 bits per heavy atom. The second-order valence-corrected chi connectivity index (χ2v) is 8.68. The number of rotatable bonds is 11. The van der Waals surface area contributed by atoms with Crippen molar-refractivity contribution in [3.8, 4) is 0 Å². The molecular formula is C19H31NO2S. The molecule has 4 heteroatoms. The predicted molar refractivity (Wildman–Crippen MR) is 100 cm³/mol. The Morgan fingerprint density at radius 1 is 1.04 bits per heavy atom. The van der Waals surface area contributed by atoms with Crippen LogP contribution in [0.15, 0.2) is 34.7 Å². The number of hydrogen-bond acceptors (Lipinski definition) is 2. The van der Waals surface area contributed by atoms with Crippen LogP contribution in [0.3, 0.4) is 0 Å². The highest BCUT2D eigenvalue weighted by Crippen LogP contribution is 2.12. The maximum absolute atomic E-state index is 11.7. The average Bonchev–Trinajstić information content (AvgIpc) is 2.52. The lowest BCUT2D eigenvalue weighted by Gasteiger charge is -2.12. The predicted octanol–water partition coefficient (Wildman–Crippen LogP) is 5.08. The number of unbranched alkanes of at least 4 members (excludes halogenated alkanes) is 5. The van der Waals surface area contributed by atoms with Crippen molar-refractivity contribution >= 4 is 17.2 Å². The normalized spacial score (nSPS) is 13.5. The van der Waals surface area contributed by atoms with Gasteiger partial charge in [-0.2, -0.15) is 4.40 Å². The molecule has 23 heavy (non-hydrogen) atoms. The van der Waals surface area contributed by atoms with Crippen LogP contribution in [0.1, 0.15) is 64.9 Å². The molecule has 0 saturated carbocycles. The summed E-state index contributed by atoms with van der Waals surface area (Å²) in [5.74, 6) is 0. The summed E-state index contributed by atoms with van der Waals surface area (Å²) < 4.78 is 21.2. The lowest BCUT2D eigenvalue weighted by Crippen LogP contribution is -2.19. The summed E-state index contributed by atoms with van der Waals surface area (Å²) in [5, 5.41) is 0. The van der Waals surface area contributed by atoms with E-state index in [1.165, 1.54) is 24.8 Å². The van der Waals surface area contributed by atoms with Crippen LogP contribution in [0.5, 0.6) is 0 Å². The number of nitrogens with zero attached hydrogens (tertiary/aromatic N) is 1. The zero-order valence-electron chi connectivity index (χ0n) is 14.8. The Kier molecular flexibility index (Phi) is 10.0. The van der Waals surface area contributed by atoms with Crippen molar-refractivity contribution in [1.82, 2.24) is 0 Å². The average molecular weight is 338 g/mol. The van der Waals surface area contributed by atoms with Gasteiger partial charge in [0, 0.05) is 12.8 Å². The first kappa shape index (κ1) is 20.0. The monoisotopic (exact) mass is 337 g/mol. The molecule has 0 bridgehead atoms. The van der Waals surface area contributed by atoms with Gasteiger partial charge in [-0.3, -0.25) is 0 Å². The van der Waals surface area contributed by atoms with Crippen molar-refractivity contribution < 1.29 is 8.95 Å². The summed E-state index contributed by atoms with van der Waals surface area (Å²) in [6, 6.07) is 10.3. The van der Waals surface area contributed by atoms with Crippen LogP contribution < -0.4 is 0 Å². The van der Waals surface area contributed by atoms with E-state index in [0.29, 0.717) is 6.61 Å². The third kappa shape index (κ3) is 10.4. The second-order valence-electron chi connectivity index (χ2n) is 6.74. The third-order valence-electron chi connectivity index (χ3n) is 3.43. The maximum atomic E-state index is 11.7. The van der Waals surface area contributed by atoms with Gasteiger partial charge in [0.2, 0.25) is 0 Å². The molecule has 1 atom stereocenters. The van der Waals surface area contributed by atoms with Gasteiger partial charge in [0.1, 0.15) is 11.0 Å². The van der Waals surface area contributed by atoms with Crippen molar-refractivity contribution in [3.63, 3.8) is 0 Å². The Balaban J connectivity index is 1.90. The fourth-order valence-electron chi connectivity index (χ4n) is 2.01. The van der Waals surface area contributed by atoms with Gasteiger partial charge in [-0.05, 0) is 45.6 Å². The Labute approximate surface area is 144 Å². The standard InChI is InChI=1S/C19H31NO2S/c1-19(2,3)23(21)20-15-11-6-4-5-7-12-16-22-17-18-13-9-8-10-14-18/h8-10,13-15H,4-7,11-12,16-17H2,1-3H3/b20-15+/t23-/m1/s1. The highest BCUT2D eigenvalue weighted by molar-refractivity contribution is 7.85. The quantitative estimate of drug-likeness (QED) is 0.417. The van der Waals surface area contributed by atoms with E-state index in [4.69, 9.17) is 4.74 Å². The smallest absolute Gasteiger partial charge is 0.144 e. The minimum atomic E-state index is -1.11. The van der Waals surface area contributed by atoms with Crippen LogP contribution in [0.4, 0.5) is 0 Å². The minimum Gasteiger partial charge on any atom is -0.377 e.